The lowest BCUT2D eigenvalue weighted by molar-refractivity contribution is -0.124. The van der Waals surface area contributed by atoms with E-state index in [0.29, 0.717) is 15.3 Å². The van der Waals surface area contributed by atoms with Gasteiger partial charge in [-0.05, 0) is 30.7 Å². The average Bonchev–Trinajstić information content (AvgIpc) is 2.83. The van der Waals surface area contributed by atoms with Crippen LogP contribution in [0.25, 0.3) is 0 Å². The smallest absolute Gasteiger partial charge is 0.348 e. The molecule has 1 aliphatic carbocycles. The van der Waals surface area contributed by atoms with E-state index in [0.717, 1.165) is 0 Å². The fourth-order valence-corrected chi connectivity index (χ4v) is 4.03. The second-order valence-corrected chi connectivity index (χ2v) is 6.80. The highest BCUT2D eigenvalue weighted by Crippen LogP contribution is 2.51. The van der Waals surface area contributed by atoms with Gasteiger partial charge in [0.15, 0.2) is 5.78 Å². The number of hydrogen-bond donors (Lipinski definition) is 1. The van der Waals surface area contributed by atoms with Crippen LogP contribution in [0.4, 0.5) is 0 Å². The Hall–Kier alpha value is -1.46. The minimum Gasteiger partial charge on any atom is -0.465 e. The normalized spacial score (nSPS) is 25.2. The van der Waals surface area contributed by atoms with Crippen molar-refractivity contribution in [1.82, 2.24) is 0 Å². The van der Waals surface area contributed by atoms with Gasteiger partial charge in [-0.15, -0.1) is 11.3 Å². The number of ether oxygens (including phenoxy) is 1. The Morgan fingerprint density at radius 2 is 2.05 bits per heavy atom. The first-order valence-electron chi connectivity index (χ1n) is 6.35. The van der Waals surface area contributed by atoms with Gasteiger partial charge in [-0.1, -0.05) is 13.8 Å². The average molecular weight is 294 g/mol. The lowest BCUT2D eigenvalue weighted by Gasteiger charge is -2.45. The van der Waals surface area contributed by atoms with Gasteiger partial charge in [0, 0.05) is 16.7 Å². The van der Waals surface area contributed by atoms with Crippen molar-refractivity contribution in [3.63, 3.8) is 0 Å². The maximum absolute atomic E-state index is 11.7. The third kappa shape index (κ3) is 2.11. The third-order valence-electron chi connectivity index (χ3n) is 3.89. The summed E-state index contributed by atoms with van der Waals surface area (Å²) in [6.45, 7) is 5.47. The Balaban J connectivity index is 2.53. The van der Waals surface area contributed by atoms with Crippen molar-refractivity contribution in [1.29, 1.82) is 0 Å². The van der Waals surface area contributed by atoms with Crippen LogP contribution in [0.15, 0.2) is 23.8 Å². The summed E-state index contributed by atoms with van der Waals surface area (Å²) in [5, 5.41) is 11.2. The molecule has 1 unspecified atom stereocenters. The SMILES string of the molecule is COC(=O)c1ccc(C2(O)C(C)=CC(=O)CC2(C)C)s1. The van der Waals surface area contributed by atoms with Crippen LogP contribution >= 0.6 is 11.3 Å². The lowest BCUT2D eigenvalue weighted by atomic mass is 9.64. The lowest BCUT2D eigenvalue weighted by Crippen LogP contribution is -2.46. The molecule has 0 saturated carbocycles. The Labute approximate surface area is 122 Å². The van der Waals surface area contributed by atoms with Crippen molar-refractivity contribution in [2.24, 2.45) is 5.41 Å². The second kappa shape index (κ2) is 4.82. The third-order valence-corrected chi connectivity index (χ3v) is 5.07. The van der Waals surface area contributed by atoms with Gasteiger partial charge in [0.2, 0.25) is 0 Å². The summed E-state index contributed by atoms with van der Waals surface area (Å²) < 4.78 is 4.69. The van der Waals surface area contributed by atoms with Crippen LogP contribution in [-0.4, -0.2) is 24.0 Å². The number of esters is 1. The molecule has 1 atom stereocenters. The maximum Gasteiger partial charge on any atom is 0.348 e. The van der Waals surface area contributed by atoms with E-state index in [4.69, 9.17) is 0 Å². The number of hydrogen-bond acceptors (Lipinski definition) is 5. The first-order valence-corrected chi connectivity index (χ1v) is 7.16. The first-order chi connectivity index (χ1) is 9.22. The van der Waals surface area contributed by atoms with Crippen LogP contribution in [0.2, 0.25) is 0 Å². The molecule has 0 saturated heterocycles. The molecule has 0 bridgehead atoms. The molecule has 1 heterocycles. The number of aliphatic hydroxyl groups is 1. The molecule has 5 heteroatoms. The van der Waals surface area contributed by atoms with E-state index in [1.54, 1.807) is 19.1 Å². The summed E-state index contributed by atoms with van der Waals surface area (Å²) in [4.78, 5) is 24.4. The number of methoxy groups -OCH3 is 1. The fourth-order valence-electron chi connectivity index (χ4n) is 2.76. The zero-order chi connectivity index (χ0) is 15.1. The summed E-state index contributed by atoms with van der Waals surface area (Å²) in [5.74, 6) is -0.405. The van der Waals surface area contributed by atoms with Crippen molar-refractivity contribution < 1.29 is 19.4 Å². The number of allylic oxidation sites excluding steroid dienone is 1. The Bertz CT molecular complexity index is 597. The van der Waals surface area contributed by atoms with E-state index in [1.807, 2.05) is 13.8 Å². The molecule has 108 valence electrons. The van der Waals surface area contributed by atoms with E-state index in [1.165, 1.54) is 24.5 Å². The number of carbonyl (C=O) groups is 2. The predicted molar refractivity (Wildman–Crippen MR) is 76.7 cm³/mol. The molecule has 20 heavy (non-hydrogen) atoms. The highest BCUT2D eigenvalue weighted by Gasteiger charge is 2.50. The second-order valence-electron chi connectivity index (χ2n) is 5.72. The van der Waals surface area contributed by atoms with E-state index < -0.39 is 17.0 Å². The molecule has 1 aromatic rings. The zero-order valence-corrected chi connectivity index (χ0v) is 12.8. The highest BCUT2D eigenvalue weighted by atomic mass is 32.1. The Morgan fingerprint density at radius 3 is 2.60 bits per heavy atom. The molecule has 1 aliphatic rings. The van der Waals surface area contributed by atoms with Gasteiger partial charge in [0.05, 0.1) is 7.11 Å². The largest absolute Gasteiger partial charge is 0.465 e. The zero-order valence-electron chi connectivity index (χ0n) is 12.0. The highest BCUT2D eigenvalue weighted by molar-refractivity contribution is 7.14. The summed E-state index contributed by atoms with van der Waals surface area (Å²) >= 11 is 1.20. The molecule has 0 amide bonds. The van der Waals surface area contributed by atoms with Crippen molar-refractivity contribution in [3.05, 3.63) is 33.5 Å². The Morgan fingerprint density at radius 1 is 1.40 bits per heavy atom. The first kappa shape index (κ1) is 14.9. The van der Waals surface area contributed by atoms with Gasteiger partial charge in [0.25, 0.3) is 0 Å². The topological polar surface area (TPSA) is 63.6 Å². The van der Waals surface area contributed by atoms with Crippen molar-refractivity contribution in [3.8, 4) is 0 Å². The van der Waals surface area contributed by atoms with Crippen LogP contribution in [-0.2, 0) is 15.1 Å². The predicted octanol–water partition coefficient (Wildman–Crippen LogP) is 2.67. The number of carbonyl (C=O) groups excluding carboxylic acids is 2. The molecule has 0 spiro atoms. The van der Waals surface area contributed by atoms with Gasteiger partial charge in [-0.2, -0.15) is 0 Å². The summed E-state index contributed by atoms with van der Waals surface area (Å²) in [6, 6.07) is 3.37. The standard InChI is InChI=1S/C15H18O4S/c1-9-7-10(16)8-14(2,3)15(9,18)12-6-5-11(20-12)13(17)19-4/h5-7,18H,8H2,1-4H3. The molecule has 1 aromatic heterocycles. The van der Waals surface area contributed by atoms with Gasteiger partial charge in [-0.3, -0.25) is 4.79 Å². The van der Waals surface area contributed by atoms with E-state index >= 15 is 0 Å². The minimum absolute atomic E-state index is 0.0157. The number of rotatable bonds is 2. The summed E-state index contributed by atoms with van der Waals surface area (Å²) in [7, 11) is 1.32. The molecular weight excluding hydrogens is 276 g/mol. The molecule has 1 N–H and O–H groups in total. The molecule has 2 rings (SSSR count). The van der Waals surface area contributed by atoms with Gasteiger partial charge in [-0.25, -0.2) is 4.79 Å². The van der Waals surface area contributed by atoms with E-state index in [2.05, 4.69) is 4.74 Å². The van der Waals surface area contributed by atoms with Crippen LogP contribution in [0.3, 0.4) is 0 Å². The molecule has 0 radical (unpaired) electrons. The molecule has 0 fully saturated rings. The quantitative estimate of drug-likeness (QED) is 0.852. The molecular formula is C15H18O4S. The molecule has 4 nitrogen and oxygen atoms in total. The monoisotopic (exact) mass is 294 g/mol. The Kier molecular flexibility index (Phi) is 3.60. The van der Waals surface area contributed by atoms with Crippen molar-refractivity contribution >= 4 is 23.1 Å². The van der Waals surface area contributed by atoms with Crippen LogP contribution in [0, 0.1) is 5.41 Å². The van der Waals surface area contributed by atoms with Crippen LogP contribution in [0.1, 0.15) is 41.7 Å². The maximum atomic E-state index is 11.7. The summed E-state index contributed by atoms with van der Waals surface area (Å²) in [5.41, 5.74) is -1.25. The van der Waals surface area contributed by atoms with Crippen molar-refractivity contribution in [2.45, 2.75) is 32.8 Å². The van der Waals surface area contributed by atoms with E-state index in [-0.39, 0.29) is 12.2 Å². The minimum atomic E-state index is -1.24. The van der Waals surface area contributed by atoms with Crippen LogP contribution < -0.4 is 0 Å². The molecule has 0 aliphatic heterocycles. The van der Waals surface area contributed by atoms with E-state index in [9.17, 15) is 14.7 Å². The molecule has 0 aromatic carbocycles. The van der Waals surface area contributed by atoms with Gasteiger partial charge < -0.3 is 9.84 Å². The van der Waals surface area contributed by atoms with Gasteiger partial charge >= 0.3 is 5.97 Å². The van der Waals surface area contributed by atoms with Crippen LogP contribution in [0.5, 0.6) is 0 Å². The number of thiophene rings is 1. The number of ketones is 1. The summed E-state index contributed by atoms with van der Waals surface area (Å²) in [6.07, 6.45) is 1.76. The van der Waals surface area contributed by atoms with Gasteiger partial charge in [0.1, 0.15) is 10.5 Å². The fraction of sp³-hybridized carbons (Fsp3) is 0.467. The van der Waals surface area contributed by atoms with Crippen molar-refractivity contribution in [2.75, 3.05) is 7.11 Å².